The minimum atomic E-state index is -4.16. The van der Waals surface area contributed by atoms with E-state index in [1.54, 1.807) is 6.92 Å². The van der Waals surface area contributed by atoms with Crippen molar-refractivity contribution >= 4 is 13.6 Å². The van der Waals surface area contributed by atoms with Gasteiger partial charge < -0.3 is 14.9 Å². The molecule has 1 unspecified atom stereocenters. The van der Waals surface area contributed by atoms with Gasteiger partial charge in [0.2, 0.25) is 0 Å². The highest BCUT2D eigenvalue weighted by atomic mass is 31.2. The maximum Gasteiger partial charge on any atom is 0.339 e. The second-order valence-electron chi connectivity index (χ2n) is 2.71. The van der Waals surface area contributed by atoms with Gasteiger partial charge in [0.15, 0.2) is 0 Å². The summed E-state index contributed by atoms with van der Waals surface area (Å²) in [6.07, 6.45) is 0.407. The lowest BCUT2D eigenvalue weighted by Crippen LogP contribution is -2.36. The van der Waals surface area contributed by atoms with Crippen LogP contribution >= 0.6 is 7.60 Å². The third kappa shape index (κ3) is 6.72. The molecule has 0 aliphatic heterocycles. The van der Waals surface area contributed by atoms with Gasteiger partial charge in [0.05, 0.1) is 6.29 Å². The van der Waals surface area contributed by atoms with Crippen LogP contribution in [0.3, 0.4) is 0 Å². The van der Waals surface area contributed by atoms with E-state index in [4.69, 9.17) is 14.9 Å². The maximum atomic E-state index is 10.5. The fourth-order valence-electron chi connectivity index (χ4n) is 0.831. The lowest BCUT2D eigenvalue weighted by atomic mass is 10.2. The largest absolute Gasteiger partial charge is 0.480 e. The van der Waals surface area contributed by atoms with Gasteiger partial charge in [-0.05, 0) is 6.42 Å². The highest BCUT2D eigenvalue weighted by Crippen LogP contribution is 2.32. The van der Waals surface area contributed by atoms with Crippen LogP contribution in [0.4, 0.5) is 0 Å². The van der Waals surface area contributed by atoms with E-state index in [-0.39, 0.29) is 0 Å². The van der Waals surface area contributed by atoms with E-state index < -0.39 is 25.9 Å². The molecular weight excluding hydrogens is 197 g/mol. The molecule has 0 aliphatic rings. The van der Waals surface area contributed by atoms with Crippen molar-refractivity contribution in [3.8, 4) is 0 Å². The SMILES string of the molecule is CCCC(NCP(=O)(O)O)C(=O)O. The topological polar surface area (TPSA) is 107 Å². The van der Waals surface area contributed by atoms with Crippen LogP contribution in [-0.2, 0) is 9.36 Å². The standard InChI is InChI=1S/C6H14NO5P/c1-2-3-5(6(8)9)7-4-13(10,11)12/h5,7H,2-4H2,1H3,(H,8,9)(H2,10,11,12). The Morgan fingerprint density at radius 1 is 1.54 bits per heavy atom. The Morgan fingerprint density at radius 3 is 2.38 bits per heavy atom. The van der Waals surface area contributed by atoms with Crippen LogP contribution in [-0.4, -0.2) is 33.2 Å². The summed E-state index contributed by atoms with van der Waals surface area (Å²) in [5.74, 6) is -1.09. The Labute approximate surface area is 76.1 Å². The zero-order valence-corrected chi connectivity index (χ0v) is 8.20. The summed E-state index contributed by atoms with van der Waals surface area (Å²) < 4.78 is 10.4. The van der Waals surface area contributed by atoms with Gasteiger partial charge in [0.1, 0.15) is 6.04 Å². The predicted octanol–water partition coefficient (Wildman–Crippen LogP) is -0.0355. The van der Waals surface area contributed by atoms with Crippen LogP contribution in [0.2, 0.25) is 0 Å². The van der Waals surface area contributed by atoms with Gasteiger partial charge in [0.25, 0.3) is 0 Å². The molecule has 0 aromatic rings. The number of aliphatic carboxylic acids is 1. The van der Waals surface area contributed by atoms with Crippen LogP contribution in [0, 0.1) is 0 Å². The second kappa shape index (κ2) is 5.34. The molecule has 0 saturated carbocycles. The third-order valence-corrected chi connectivity index (χ3v) is 2.01. The monoisotopic (exact) mass is 211 g/mol. The second-order valence-corrected chi connectivity index (χ2v) is 4.35. The van der Waals surface area contributed by atoms with E-state index in [9.17, 15) is 9.36 Å². The van der Waals surface area contributed by atoms with E-state index in [2.05, 4.69) is 5.32 Å². The number of carbonyl (C=O) groups is 1. The number of carboxylic acids is 1. The molecule has 4 N–H and O–H groups in total. The van der Waals surface area contributed by atoms with Crippen LogP contribution < -0.4 is 5.32 Å². The normalized spacial score (nSPS) is 14.1. The Kier molecular flexibility index (Phi) is 5.17. The summed E-state index contributed by atoms with van der Waals surface area (Å²) in [6, 6.07) is -0.877. The lowest BCUT2D eigenvalue weighted by Gasteiger charge is -2.13. The smallest absolute Gasteiger partial charge is 0.339 e. The Balaban J connectivity index is 3.97. The van der Waals surface area contributed by atoms with E-state index >= 15 is 0 Å². The molecule has 7 heteroatoms. The summed E-state index contributed by atoms with van der Waals surface area (Å²) in [7, 11) is -4.16. The molecule has 0 fully saturated rings. The Hall–Kier alpha value is -0.420. The fourth-order valence-corrected chi connectivity index (χ4v) is 1.29. The first-order valence-electron chi connectivity index (χ1n) is 3.87. The Morgan fingerprint density at radius 2 is 2.08 bits per heavy atom. The van der Waals surface area contributed by atoms with E-state index in [1.165, 1.54) is 0 Å². The first kappa shape index (κ1) is 12.6. The number of nitrogens with one attached hydrogen (secondary N) is 1. The van der Waals surface area contributed by atoms with Gasteiger partial charge >= 0.3 is 13.6 Å². The molecule has 0 spiro atoms. The summed E-state index contributed by atoms with van der Waals surface area (Å²) in [4.78, 5) is 27.4. The number of hydrogen-bond donors (Lipinski definition) is 4. The molecule has 0 aromatic heterocycles. The minimum absolute atomic E-state index is 0.356. The zero-order chi connectivity index (χ0) is 10.5. The van der Waals surface area contributed by atoms with Gasteiger partial charge in [-0.25, -0.2) is 0 Å². The third-order valence-electron chi connectivity index (χ3n) is 1.42. The van der Waals surface area contributed by atoms with Gasteiger partial charge in [-0.3, -0.25) is 14.7 Å². The van der Waals surface area contributed by atoms with Crippen LogP contribution in [0.5, 0.6) is 0 Å². The predicted molar refractivity (Wildman–Crippen MR) is 46.4 cm³/mol. The average molecular weight is 211 g/mol. The van der Waals surface area contributed by atoms with Gasteiger partial charge in [0, 0.05) is 0 Å². The zero-order valence-electron chi connectivity index (χ0n) is 7.30. The van der Waals surface area contributed by atoms with Crippen molar-refractivity contribution < 1.29 is 24.3 Å². The van der Waals surface area contributed by atoms with Crippen molar-refractivity contribution in [3.05, 3.63) is 0 Å². The molecule has 13 heavy (non-hydrogen) atoms. The molecule has 0 radical (unpaired) electrons. The number of hydrogen-bond acceptors (Lipinski definition) is 3. The summed E-state index contributed by atoms with van der Waals surface area (Å²) in [6.45, 7) is 1.80. The minimum Gasteiger partial charge on any atom is -0.480 e. The molecule has 0 amide bonds. The van der Waals surface area contributed by atoms with Crippen molar-refractivity contribution in [1.82, 2.24) is 5.32 Å². The van der Waals surface area contributed by atoms with Crippen molar-refractivity contribution in [1.29, 1.82) is 0 Å². The van der Waals surface area contributed by atoms with E-state index in [0.29, 0.717) is 12.8 Å². The van der Waals surface area contributed by atoms with Gasteiger partial charge in [-0.15, -0.1) is 0 Å². The lowest BCUT2D eigenvalue weighted by molar-refractivity contribution is -0.139. The molecular formula is C6H14NO5P. The molecule has 6 nitrogen and oxygen atoms in total. The molecule has 78 valence electrons. The Bertz CT molecular complexity index is 213. The maximum absolute atomic E-state index is 10.5. The molecule has 0 saturated heterocycles. The molecule has 0 aliphatic carbocycles. The summed E-state index contributed by atoms with van der Waals surface area (Å²) >= 11 is 0. The molecule has 0 aromatic carbocycles. The summed E-state index contributed by atoms with van der Waals surface area (Å²) in [5, 5.41) is 10.9. The van der Waals surface area contributed by atoms with Gasteiger partial charge in [-0.1, -0.05) is 13.3 Å². The molecule has 0 bridgehead atoms. The first-order chi connectivity index (χ1) is 5.87. The van der Waals surface area contributed by atoms with Crippen molar-refractivity contribution in [3.63, 3.8) is 0 Å². The average Bonchev–Trinajstić information content (AvgIpc) is 1.95. The number of rotatable bonds is 6. The van der Waals surface area contributed by atoms with Crippen molar-refractivity contribution in [2.45, 2.75) is 25.8 Å². The van der Waals surface area contributed by atoms with E-state index in [0.717, 1.165) is 0 Å². The number of carboxylic acid groups (broad SMARTS) is 1. The van der Waals surface area contributed by atoms with Crippen LogP contribution in [0.15, 0.2) is 0 Å². The van der Waals surface area contributed by atoms with Crippen LogP contribution in [0.1, 0.15) is 19.8 Å². The fraction of sp³-hybridized carbons (Fsp3) is 0.833. The quantitative estimate of drug-likeness (QED) is 0.459. The van der Waals surface area contributed by atoms with Crippen molar-refractivity contribution in [2.75, 3.05) is 6.29 Å². The van der Waals surface area contributed by atoms with E-state index in [1.807, 2.05) is 0 Å². The highest BCUT2D eigenvalue weighted by Gasteiger charge is 2.20. The summed E-state index contributed by atoms with van der Waals surface area (Å²) in [5.41, 5.74) is 0. The van der Waals surface area contributed by atoms with Crippen molar-refractivity contribution in [2.24, 2.45) is 0 Å². The van der Waals surface area contributed by atoms with Gasteiger partial charge in [-0.2, -0.15) is 0 Å². The molecule has 0 rings (SSSR count). The molecule has 1 atom stereocenters. The first-order valence-corrected chi connectivity index (χ1v) is 5.67. The molecule has 0 heterocycles. The highest BCUT2D eigenvalue weighted by molar-refractivity contribution is 7.51. The van der Waals surface area contributed by atoms with Crippen LogP contribution in [0.25, 0.3) is 0 Å².